The van der Waals surface area contributed by atoms with Crippen LogP contribution in [0.15, 0.2) is 36.4 Å². The highest BCUT2D eigenvalue weighted by Gasteiger charge is 1.94. The molecule has 0 unspecified atom stereocenters. The van der Waals surface area contributed by atoms with Gasteiger partial charge in [-0.2, -0.15) is 0 Å². The minimum atomic E-state index is 0.767. The van der Waals surface area contributed by atoms with Crippen molar-refractivity contribution >= 4 is 11.6 Å². The summed E-state index contributed by atoms with van der Waals surface area (Å²) in [5.74, 6) is 0. The van der Waals surface area contributed by atoms with Gasteiger partial charge in [-0.25, -0.2) is 0 Å². The predicted molar refractivity (Wildman–Crippen MR) is 73.7 cm³/mol. The summed E-state index contributed by atoms with van der Waals surface area (Å²) in [5, 5.41) is 4.14. The van der Waals surface area contributed by atoms with Gasteiger partial charge in [0.2, 0.25) is 0 Å². The molecule has 0 fully saturated rings. The molecule has 0 aliphatic carbocycles. The average Bonchev–Trinajstić information content (AvgIpc) is 2.35. The maximum absolute atomic E-state index is 6.06. The fourth-order valence-corrected chi connectivity index (χ4v) is 1.69. The van der Waals surface area contributed by atoms with Gasteiger partial charge in [-0.15, -0.1) is 0 Å². The minimum Gasteiger partial charge on any atom is -0.383 e. The highest BCUT2D eigenvalue weighted by molar-refractivity contribution is 6.31. The van der Waals surface area contributed by atoms with Crippen molar-refractivity contribution in [1.29, 1.82) is 0 Å². The van der Waals surface area contributed by atoms with Gasteiger partial charge in [0.1, 0.15) is 0 Å². The molecule has 0 spiro atoms. The molecule has 0 saturated carbocycles. The molecule has 1 rings (SSSR count). The maximum atomic E-state index is 6.06. The lowest BCUT2D eigenvalue weighted by molar-refractivity contribution is 0.199. The van der Waals surface area contributed by atoms with E-state index in [9.17, 15) is 0 Å². The Morgan fingerprint density at radius 2 is 2.06 bits per heavy atom. The van der Waals surface area contributed by atoms with Crippen LogP contribution < -0.4 is 5.32 Å². The molecule has 0 aliphatic heterocycles. The maximum Gasteiger partial charge on any atom is 0.0587 e. The van der Waals surface area contributed by atoms with Gasteiger partial charge in [0.15, 0.2) is 0 Å². The standard InChI is InChI=1S/C14H20ClNO/c1-17-12-11-16-10-6-2-3-7-13-8-4-5-9-14(13)15/h2-5,8-9,16H,6-7,10-12H2,1H3. The van der Waals surface area contributed by atoms with E-state index in [2.05, 4.69) is 23.5 Å². The number of nitrogens with one attached hydrogen (secondary N) is 1. The molecule has 0 heterocycles. The summed E-state index contributed by atoms with van der Waals surface area (Å²) in [5.41, 5.74) is 1.18. The summed E-state index contributed by atoms with van der Waals surface area (Å²) in [4.78, 5) is 0. The highest BCUT2D eigenvalue weighted by atomic mass is 35.5. The second-order valence-corrected chi connectivity index (χ2v) is 4.21. The fraction of sp³-hybridized carbons (Fsp3) is 0.429. The van der Waals surface area contributed by atoms with Gasteiger partial charge in [0, 0.05) is 18.7 Å². The average molecular weight is 254 g/mol. The van der Waals surface area contributed by atoms with Crippen molar-refractivity contribution in [2.75, 3.05) is 26.8 Å². The molecule has 0 radical (unpaired) electrons. The SMILES string of the molecule is COCCNCCC=CCc1ccccc1Cl. The molecule has 94 valence electrons. The number of hydrogen-bond donors (Lipinski definition) is 1. The Labute approximate surface area is 109 Å². The van der Waals surface area contributed by atoms with Crippen LogP contribution in [0.5, 0.6) is 0 Å². The lowest BCUT2D eigenvalue weighted by Gasteiger charge is -2.01. The van der Waals surface area contributed by atoms with Crippen molar-refractivity contribution in [2.24, 2.45) is 0 Å². The van der Waals surface area contributed by atoms with Gasteiger partial charge >= 0.3 is 0 Å². The summed E-state index contributed by atoms with van der Waals surface area (Å²) in [7, 11) is 1.71. The number of hydrogen-bond acceptors (Lipinski definition) is 2. The zero-order valence-corrected chi connectivity index (χ0v) is 11.0. The first-order valence-corrected chi connectivity index (χ1v) is 6.30. The summed E-state index contributed by atoms with van der Waals surface area (Å²) in [6.45, 7) is 2.67. The van der Waals surface area contributed by atoms with Gasteiger partial charge in [0.05, 0.1) is 6.61 Å². The molecule has 0 bridgehead atoms. The number of halogens is 1. The Kier molecular flexibility index (Phi) is 7.72. The Hall–Kier alpha value is -0.830. The molecule has 1 N–H and O–H groups in total. The van der Waals surface area contributed by atoms with E-state index in [4.69, 9.17) is 16.3 Å². The van der Waals surface area contributed by atoms with E-state index >= 15 is 0 Å². The van der Waals surface area contributed by atoms with Crippen LogP contribution in [0.4, 0.5) is 0 Å². The first kappa shape index (κ1) is 14.2. The number of rotatable bonds is 8. The zero-order chi connectivity index (χ0) is 12.3. The molecule has 0 aromatic heterocycles. The third kappa shape index (κ3) is 6.47. The lowest BCUT2D eigenvalue weighted by atomic mass is 10.1. The van der Waals surface area contributed by atoms with Crippen LogP contribution in [0.2, 0.25) is 5.02 Å². The van der Waals surface area contributed by atoms with Crippen molar-refractivity contribution in [3.8, 4) is 0 Å². The summed E-state index contributed by atoms with van der Waals surface area (Å²) >= 11 is 6.06. The van der Waals surface area contributed by atoms with Crippen LogP contribution in [0.1, 0.15) is 12.0 Å². The van der Waals surface area contributed by atoms with Gasteiger partial charge in [-0.05, 0) is 31.0 Å². The minimum absolute atomic E-state index is 0.767. The van der Waals surface area contributed by atoms with E-state index in [1.54, 1.807) is 7.11 Å². The Balaban J connectivity index is 2.12. The van der Waals surface area contributed by atoms with Crippen molar-refractivity contribution in [3.05, 3.63) is 47.0 Å². The van der Waals surface area contributed by atoms with Crippen molar-refractivity contribution in [2.45, 2.75) is 12.8 Å². The number of allylic oxidation sites excluding steroid dienone is 1. The number of benzene rings is 1. The molecule has 0 saturated heterocycles. The zero-order valence-electron chi connectivity index (χ0n) is 10.3. The van der Waals surface area contributed by atoms with Crippen molar-refractivity contribution in [1.82, 2.24) is 5.32 Å². The predicted octanol–water partition coefficient (Wildman–Crippen LogP) is 3.06. The summed E-state index contributed by atoms with van der Waals surface area (Å²) in [6, 6.07) is 7.96. The fourth-order valence-electron chi connectivity index (χ4n) is 1.48. The number of methoxy groups -OCH3 is 1. The van der Waals surface area contributed by atoms with E-state index in [-0.39, 0.29) is 0 Å². The third-order valence-corrected chi connectivity index (χ3v) is 2.80. The molecule has 1 aromatic rings. The Morgan fingerprint density at radius 1 is 1.24 bits per heavy atom. The van der Waals surface area contributed by atoms with E-state index in [0.717, 1.165) is 37.6 Å². The molecule has 2 nitrogen and oxygen atoms in total. The van der Waals surface area contributed by atoms with Gasteiger partial charge < -0.3 is 10.1 Å². The van der Waals surface area contributed by atoms with Crippen LogP contribution in [0, 0.1) is 0 Å². The lowest BCUT2D eigenvalue weighted by Crippen LogP contribution is -2.19. The summed E-state index contributed by atoms with van der Waals surface area (Å²) in [6.07, 6.45) is 6.29. The quantitative estimate of drug-likeness (QED) is 0.568. The van der Waals surface area contributed by atoms with E-state index < -0.39 is 0 Å². The second-order valence-electron chi connectivity index (χ2n) is 3.80. The second kappa shape index (κ2) is 9.23. The normalized spacial score (nSPS) is 11.2. The van der Waals surface area contributed by atoms with Crippen LogP contribution in [-0.4, -0.2) is 26.8 Å². The number of ether oxygens (including phenoxy) is 1. The highest BCUT2D eigenvalue weighted by Crippen LogP contribution is 2.15. The van der Waals surface area contributed by atoms with Gasteiger partial charge in [-0.1, -0.05) is 42.0 Å². The molecule has 0 atom stereocenters. The topological polar surface area (TPSA) is 21.3 Å². The van der Waals surface area contributed by atoms with Crippen LogP contribution >= 0.6 is 11.6 Å². The first-order valence-electron chi connectivity index (χ1n) is 5.92. The molecule has 3 heteroatoms. The van der Waals surface area contributed by atoms with Crippen molar-refractivity contribution in [3.63, 3.8) is 0 Å². The van der Waals surface area contributed by atoms with Crippen LogP contribution in [-0.2, 0) is 11.2 Å². The smallest absolute Gasteiger partial charge is 0.0587 e. The molecular weight excluding hydrogens is 234 g/mol. The van der Waals surface area contributed by atoms with Crippen molar-refractivity contribution < 1.29 is 4.74 Å². The molecule has 17 heavy (non-hydrogen) atoms. The van der Waals surface area contributed by atoms with Gasteiger partial charge in [-0.3, -0.25) is 0 Å². The first-order chi connectivity index (χ1) is 8.34. The molecule has 1 aromatic carbocycles. The van der Waals surface area contributed by atoms with E-state index in [1.165, 1.54) is 5.56 Å². The summed E-state index contributed by atoms with van der Waals surface area (Å²) < 4.78 is 4.95. The van der Waals surface area contributed by atoms with Crippen LogP contribution in [0.25, 0.3) is 0 Å². The van der Waals surface area contributed by atoms with E-state index in [1.807, 2.05) is 18.2 Å². The van der Waals surface area contributed by atoms with Crippen LogP contribution in [0.3, 0.4) is 0 Å². The Bertz CT molecular complexity index is 339. The van der Waals surface area contributed by atoms with Gasteiger partial charge in [0.25, 0.3) is 0 Å². The molecule has 0 aliphatic rings. The monoisotopic (exact) mass is 253 g/mol. The largest absolute Gasteiger partial charge is 0.383 e. The third-order valence-electron chi connectivity index (χ3n) is 2.43. The molecular formula is C14H20ClNO. The van der Waals surface area contributed by atoms with E-state index in [0.29, 0.717) is 0 Å². The molecule has 0 amide bonds. The Morgan fingerprint density at radius 3 is 2.82 bits per heavy atom.